The Morgan fingerprint density at radius 1 is 1.14 bits per heavy atom. The summed E-state index contributed by atoms with van der Waals surface area (Å²) in [5.41, 5.74) is 4.72. The lowest BCUT2D eigenvalue weighted by Crippen LogP contribution is -2.14. The fourth-order valence-corrected chi connectivity index (χ4v) is 2.56. The minimum Gasteiger partial charge on any atom is -0.464 e. The third-order valence-electron chi connectivity index (χ3n) is 3.76. The number of hydrogen-bond donors (Lipinski definition) is 1. The molecule has 3 nitrogen and oxygen atoms in total. The Bertz CT molecular complexity index is 851. The molecule has 1 aromatic heterocycles. The van der Waals surface area contributed by atoms with Gasteiger partial charge in [-0.25, -0.2) is 0 Å². The summed E-state index contributed by atoms with van der Waals surface area (Å²) in [7, 11) is 0. The molecule has 0 saturated carbocycles. The van der Waals surface area contributed by atoms with Gasteiger partial charge in [0.25, 0.3) is 0 Å². The van der Waals surface area contributed by atoms with Gasteiger partial charge in [-0.3, -0.25) is 4.79 Å². The molecule has 0 saturated heterocycles. The van der Waals surface area contributed by atoms with Crippen molar-refractivity contribution in [3.8, 4) is 0 Å². The molecule has 1 N–H and O–H groups in total. The Morgan fingerprint density at radius 2 is 1.95 bits per heavy atom. The highest BCUT2D eigenvalue weighted by atomic mass is 35.5. The minimum absolute atomic E-state index is 0.0778. The van der Waals surface area contributed by atoms with E-state index in [9.17, 15) is 4.79 Å². The molecule has 0 atom stereocenters. The second-order valence-corrected chi connectivity index (χ2v) is 5.86. The Hall–Kier alpha value is -2.26. The van der Waals surface area contributed by atoms with E-state index in [2.05, 4.69) is 5.32 Å². The van der Waals surface area contributed by atoms with Gasteiger partial charge in [-0.05, 0) is 55.3 Å². The molecule has 2 aromatic carbocycles. The first-order valence-electron chi connectivity index (χ1n) is 7.05. The fourth-order valence-electron chi connectivity index (χ4n) is 2.39. The Labute approximate surface area is 133 Å². The zero-order chi connectivity index (χ0) is 15.7. The molecule has 0 spiro atoms. The number of furan rings is 1. The number of benzene rings is 2. The van der Waals surface area contributed by atoms with E-state index >= 15 is 0 Å². The molecule has 1 heterocycles. The van der Waals surface area contributed by atoms with Gasteiger partial charge in [0.05, 0.1) is 12.7 Å². The second-order valence-electron chi connectivity index (χ2n) is 5.43. The van der Waals surface area contributed by atoms with Crippen LogP contribution in [0.3, 0.4) is 0 Å². The molecule has 0 bridgehead atoms. The lowest BCUT2D eigenvalue weighted by molar-refractivity contribution is -0.115. The van der Waals surface area contributed by atoms with Gasteiger partial charge in [-0.1, -0.05) is 17.7 Å². The predicted molar refractivity (Wildman–Crippen MR) is 89.5 cm³/mol. The topological polar surface area (TPSA) is 42.2 Å². The van der Waals surface area contributed by atoms with E-state index in [4.69, 9.17) is 16.0 Å². The highest BCUT2D eigenvalue weighted by Crippen LogP contribution is 2.25. The highest BCUT2D eigenvalue weighted by Gasteiger charge is 2.11. The average Bonchev–Trinajstić information content (AvgIpc) is 2.85. The van der Waals surface area contributed by atoms with Crippen molar-refractivity contribution in [1.29, 1.82) is 0 Å². The quantitative estimate of drug-likeness (QED) is 0.748. The zero-order valence-electron chi connectivity index (χ0n) is 12.4. The lowest BCUT2D eigenvalue weighted by Gasteiger charge is -2.07. The minimum atomic E-state index is -0.0778. The van der Waals surface area contributed by atoms with Crippen LogP contribution < -0.4 is 5.32 Å². The van der Waals surface area contributed by atoms with Crippen molar-refractivity contribution >= 4 is 34.2 Å². The van der Waals surface area contributed by atoms with Crippen LogP contribution in [0, 0.1) is 13.8 Å². The molecule has 112 valence electrons. The third kappa shape index (κ3) is 3.00. The number of hydrogen-bond acceptors (Lipinski definition) is 2. The fraction of sp³-hybridized carbons (Fsp3) is 0.167. The number of anilines is 1. The summed E-state index contributed by atoms with van der Waals surface area (Å²) >= 11 is 6.00. The molecular weight excluding hydrogens is 298 g/mol. The molecule has 22 heavy (non-hydrogen) atoms. The van der Waals surface area contributed by atoms with Crippen LogP contribution in [-0.4, -0.2) is 5.91 Å². The van der Waals surface area contributed by atoms with E-state index in [0.717, 1.165) is 27.8 Å². The van der Waals surface area contributed by atoms with E-state index in [1.165, 1.54) is 5.56 Å². The molecule has 3 rings (SSSR count). The first kappa shape index (κ1) is 14.7. The molecular formula is C18H16ClNO2. The number of halogens is 1. The van der Waals surface area contributed by atoms with Gasteiger partial charge in [0.15, 0.2) is 0 Å². The van der Waals surface area contributed by atoms with Crippen molar-refractivity contribution in [2.24, 2.45) is 0 Å². The van der Waals surface area contributed by atoms with Crippen molar-refractivity contribution in [3.63, 3.8) is 0 Å². The molecule has 1 amide bonds. The monoisotopic (exact) mass is 313 g/mol. The lowest BCUT2D eigenvalue weighted by atomic mass is 10.1. The standard InChI is InChI=1S/C18H16ClNO2/c1-11-3-5-15(7-12(11)2)20-18(21)8-13-10-22-17-6-4-14(19)9-16(13)17/h3-7,9-10H,8H2,1-2H3,(H,20,21). The van der Waals surface area contributed by atoms with Crippen LogP contribution >= 0.6 is 11.6 Å². The van der Waals surface area contributed by atoms with Crippen molar-refractivity contribution in [3.05, 3.63) is 64.4 Å². The van der Waals surface area contributed by atoms with Crippen molar-refractivity contribution in [2.45, 2.75) is 20.3 Å². The van der Waals surface area contributed by atoms with Crippen molar-refractivity contribution in [2.75, 3.05) is 5.32 Å². The number of carbonyl (C=O) groups excluding carboxylic acids is 1. The summed E-state index contributed by atoms with van der Waals surface area (Å²) < 4.78 is 5.45. The molecule has 0 unspecified atom stereocenters. The van der Waals surface area contributed by atoms with Gasteiger partial charge < -0.3 is 9.73 Å². The zero-order valence-corrected chi connectivity index (χ0v) is 13.2. The summed E-state index contributed by atoms with van der Waals surface area (Å²) in [6, 6.07) is 11.3. The van der Waals surface area contributed by atoms with Crippen LogP contribution in [0.15, 0.2) is 47.1 Å². The molecule has 3 aromatic rings. The molecule has 0 aliphatic carbocycles. The van der Waals surface area contributed by atoms with Gasteiger partial charge in [0.2, 0.25) is 5.91 Å². The second kappa shape index (κ2) is 5.85. The summed E-state index contributed by atoms with van der Waals surface area (Å²) in [4.78, 5) is 12.2. The van der Waals surface area contributed by atoms with Crippen LogP contribution in [0.2, 0.25) is 5.02 Å². The maximum atomic E-state index is 12.2. The van der Waals surface area contributed by atoms with Gasteiger partial charge in [0.1, 0.15) is 5.58 Å². The van der Waals surface area contributed by atoms with E-state index in [-0.39, 0.29) is 12.3 Å². The Balaban J connectivity index is 1.78. The number of aryl methyl sites for hydroxylation is 2. The smallest absolute Gasteiger partial charge is 0.228 e. The van der Waals surface area contributed by atoms with Crippen LogP contribution in [0.5, 0.6) is 0 Å². The molecule has 4 heteroatoms. The molecule has 0 radical (unpaired) electrons. The number of rotatable bonds is 3. The van der Waals surface area contributed by atoms with Crippen LogP contribution in [0.25, 0.3) is 11.0 Å². The summed E-state index contributed by atoms with van der Waals surface area (Å²) in [6.07, 6.45) is 1.86. The van der Waals surface area contributed by atoms with Crippen molar-refractivity contribution < 1.29 is 9.21 Å². The van der Waals surface area contributed by atoms with Crippen LogP contribution in [0.4, 0.5) is 5.69 Å². The normalized spacial score (nSPS) is 10.9. The van der Waals surface area contributed by atoms with Crippen LogP contribution in [0.1, 0.15) is 16.7 Å². The number of carbonyl (C=O) groups is 1. The van der Waals surface area contributed by atoms with E-state index in [1.807, 2.05) is 44.2 Å². The predicted octanol–water partition coefficient (Wildman–Crippen LogP) is 4.88. The van der Waals surface area contributed by atoms with Gasteiger partial charge in [-0.15, -0.1) is 0 Å². The first-order chi connectivity index (χ1) is 10.5. The van der Waals surface area contributed by atoms with Gasteiger partial charge in [-0.2, -0.15) is 0 Å². The summed E-state index contributed by atoms with van der Waals surface area (Å²) in [6.45, 7) is 4.07. The largest absolute Gasteiger partial charge is 0.464 e. The number of fused-ring (bicyclic) bond motifs is 1. The van der Waals surface area contributed by atoms with Crippen molar-refractivity contribution in [1.82, 2.24) is 0 Å². The summed E-state index contributed by atoms with van der Waals surface area (Å²) in [5, 5.41) is 4.42. The average molecular weight is 314 g/mol. The number of nitrogens with one attached hydrogen (secondary N) is 1. The van der Waals surface area contributed by atoms with Crippen LogP contribution in [-0.2, 0) is 11.2 Å². The molecule has 0 aliphatic rings. The Morgan fingerprint density at radius 3 is 2.73 bits per heavy atom. The first-order valence-corrected chi connectivity index (χ1v) is 7.43. The Kier molecular flexibility index (Phi) is 3.90. The number of amides is 1. The highest BCUT2D eigenvalue weighted by molar-refractivity contribution is 6.31. The maximum Gasteiger partial charge on any atom is 0.228 e. The van der Waals surface area contributed by atoms with Gasteiger partial charge in [0, 0.05) is 21.7 Å². The SMILES string of the molecule is Cc1ccc(NC(=O)Cc2coc3ccc(Cl)cc23)cc1C. The van der Waals surface area contributed by atoms with E-state index in [0.29, 0.717) is 5.02 Å². The third-order valence-corrected chi connectivity index (χ3v) is 3.99. The van der Waals surface area contributed by atoms with E-state index in [1.54, 1.807) is 12.3 Å². The molecule has 0 fully saturated rings. The molecule has 0 aliphatic heterocycles. The summed E-state index contributed by atoms with van der Waals surface area (Å²) in [5.74, 6) is -0.0778. The van der Waals surface area contributed by atoms with Gasteiger partial charge >= 0.3 is 0 Å². The van der Waals surface area contributed by atoms with E-state index < -0.39 is 0 Å². The maximum absolute atomic E-state index is 12.2.